The van der Waals surface area contributed by atoms with Gasteiger partial charge in [-0.15, -0.1) is 0 Å². The minimum atomic E-state index is 0.172. The zero-order valence-corrected chi connectivity index (χ0v) is 14.9. The van der Waals surface area contributed by atoms with E-state index in [2.05, 4.69) is 40.6 Å². The highest BCUT2D eigenvalue weighted by molar-refractivity contribution is 5.77. The van der Waals surface area contributed by atoms with Crippen molar-refractivity contribution in [1.29, 1.82) is 5.26 Å². The first-order valence-corrected chi connectivity index (χ1v) is 9.03. The Balaban J connectivity index is 1.40. The Morgan fingerprint density at radius 1 is 1.00 bits per heavy atom. The zero-order chi connectivity index (χ0) is 18.2. The fourth-order valence-electron chi connectivity index (χ4n) is 3.19. The van der Waals surface area contributed by atoms with Gasteiger partial charge in [-0.3, -0.25) is 9.69 Å². The Hall–Kier alpha value is -2.84. The molecule has 26 heavy (non-hydrogen) atoms. The van der Waals surface area contributed by atoms with Gasteiger partial charge in [0.25, 0.3) is 0 Å². The summed E-state index contributed by atoms with van der Waals surface area (Å²) in [5, 5.41) is 12.3. The van der Waals surface area contributed by atoms with E-state index < -0.39 is 0 Å². The number of hydrogen-bond acceptors (Lipinski definition) is 4. The van der Waals surface area contributed by atoms with Gasteiger partial charge in [0.05, 0.1) is 11.3 Å². The summed E-state index contributed by atoms with van der Waals surface area (Å²) >= 11 is 0. The smallest absolute Gasteiger partial charge is 0.224 e. The van der Waals surface area contributed by atoms with Crippen molar-refractivity contribution in [3.63, 3.8) is 0 Å². The number of piperazine rings is 1. The Kier molecular flexibility index (Phi) is 6.24. The number of rotatable bonds is 6. The van der Waals surface area contributed by atoms with Gasteiger partial charge in [-0.2, -0.15) is 5.26 Å². The number of nitrogens with one attached hydrogen (secondary N) is 1. The molecule has 2 aromatic carbocycles. The lowest BCUT2D eigenvalue weighted by Gasteiger charge is -2.34. The van der Waals surface area contributed by atoms with Gasteiger partial charge in [0, 0.05) is 45.7 Å². The van der Waals surface area contributed by atoms with Gasteiger partial charge in [0.15, 0.2) is 0 Å². The van der Waals surface area contributed by atoms with Crippen LogP contribution in [0.15, 0.2) is 54.6 Å². The zero-order valence-electron chi connectivity index (χ0n) is 14.9. The van der Waals surface area contributed by atoms with Crippen molar-refractivity contribution < 1.29 is 4.79 Å². The molecule has 0 unspecified atom stereocenters. The molecular weight excluding hydrogens is 324 g/mol. The van der Waals surface area contributed by atoms with Crippen LogP contribution < -0.4 is 5.32 Å². The third-order valence-electron chi connectivity index (χ3n) is 4.68. The molecule has 1 fully saturated rings. The largest absolute Gasteiger partial charge is 0.383 e. The number of hydrogen-bond donors (Lipinski definition) is 1. The van der Waals surface area contributed by atoms with Gasteiger partial charge in [-0.05, 0) is 17.7 Å². The van der Waals surface area contributed by atoms with Gasteiger partial charge in [0.1, 0.15) is 6.07 Å². The van der Waals surface area contributed by atoms with Crippen LogP contribution in [-0.4, -0.2) is 48.4 Å². The van der Waals surface area contributed by atoms with E-state index in [0.29, 0.717) is 18.5 Å². The summed E-state index contributed by atoms with van der Waals surface area (Å²) in [7, 11) is 0. The number of nitriles is 1. The monoisotopic (exact) mass is 348 g/mol. The number of amides is 1. The summed E-state index contributed by atoms with van der Waals surface area (Å²) in [5.74, 6) is 0.172. The first kappa shape index (κ1) is 18.0. The Bertz CT molecular complexity index is 761. The topological polar surface area (TPSA) is 59.4 Å². The number of carbonyl (C=O) groups excluding carboxylic acids is 1. The van der Waals surface area contributed by atoms with Crippen LogP contribution in [0.3, 0.4) is 0 Å². The maximum Gasteiger partial charge on any atom is 0.224 e. The van der Waals surface area contributed by atoms with Crippen LogP contribution in [-0.2, 0) is 11.3 Å². The first-order chi connectivity index (χ1) is 12.8. The van der Waals surface area contributed by atoms with Gasteiger partial charge in [-0.1, -0.05) is 42.5 Å². The van der Waals surface area contributed by atoms with Crippen LogP contribution >= 0.6 is 0 Å². The van der Waals surface area contributed by atoms with Crippen LogP contribution in [0, 0.1) is 11.3 Å². The second-order valence-corrected chi connectivity index (χ2v) is 6.48. The van der Waals surface area contributed by atoms with Crippen molar-refractivity contribution in [3.05, 3.63) is 65.7 Å². The molecule has 1 N–H and O–H groups in total. The average molecular weight is 348 g/mol. The van der Waals surface area contributed by atoms with Gasteiger partial charge in [-0.25, -0.2) is 0 Å². The summed E-state index contributed by atoms with van der Waals surface area (Å²) in [6, 6.07) is 20.0. The summed E-state index contributed by atoms with van der Waals surface area (Å²) in [6.07, 6.45) is 0.443. The number of carbonyl (C=O) groups is 1. The number of anilines is 1. The lowest BCUT2D eigenvalue weighted by atomic mass is 10.2. The summed E-state index contributed by atoms with van der Waals surface area (Å²) in [4.78, 5) is 16.7. The molecule has 134 valence electrons. The Morgan fingerprint density at radius 2 is 1.69 bits per heavy atom. The molecule has 3 rings (SSSR count). The van der Waals surface area contributed by atoms with Crippen LogP contribution in [0.1, 0.15) is 17.5 Å². The van der Waals surface area contributed by atoms with Crippen LogP contribution in [0.5, 0.6) is 0 Å². The molecule has 0 bridgehead atoms. The van der Waals surface area contributed by atoms with Crippen molar-refractivity contribution in [3.8, 4) is 6.07 Å². The Labute approximate surface area is 154 Å². The molecule has 0 aromatic heterocycles. The summed E-state index contributed by atoms with van der Waals surface area (Å²) < 4.78 is 0. The number of benzene rings is 2. The van der Waals surface area contributed by atoms with Gasteiger partial charge < -0.3 is 10.2 Å². The molecular formula is C21H24N4O. The molecule has 2 aromatic rings. The second kappa shape index (κ2) is 9.02. The molecule has 1 aliphatic rings. The fourth-order valence-corrected chi connectivity index (χ4v) is 3.19. The highest BCUT2D eigenvalue weighted by Gasteiger charge is 2.20. The molecule has 1 amide bonds. The lowest BCUT2D eigenvalue weighted by molar-refractivity contribution is -0.132. The molecule has 0 atom stereocenters. The molecule has 1 saturated heterocycles. The van der Waals surface area contributed by atoms with Crippen LogP contribution in [0.2, 0.25) is 0 Å². The molecule has 5 heteroatoms. The molecule has 5 nitrogen and oxygen atoms in total. The molecule has 0 radical (unpaired) electrons. The minimum absolute atomic E-state index is 0.172. The SMILES string of the molecule is N#Cc1ccccc1NCCC(=O)N1CCN(Cc2ccccc2)CC1. The van der Waals surface area contributed by atoms with E-state index in [0.717, 1.165) is 38.4 Å². The molecule has 0 aliphatic carbocycles. The number of para-hydroxylation sites is 1. The van der Waals surface area contributed by atoms with Crippen molar-refractivity contribution in [1.82, 2.24) is 9.80 Å². The predicted molar refractivity (Wildman–Crippen MR) is 103 cm³/mol. The normalized spacial score (nSPS) is 14.7. The van der Waals surface area contributed by atoms with E-state index in [-0.39, 0.29) is 5.91 Å². The third-order valence-corrected chi connectivity index (χ3v) is 4.68. The third kappa shape index (κ3) is 4.84. The van der Waals surface area contributed by atoms with Gasteiger partial charge >= 0.3 is 0 Å². The lowest BCUT2D eigenvalue weighted by Crippen LogP contribution is -2.48. The van der Waals surface area contributed by atoms with E-state index in [1.54, 1.807) is 6.07 Å². The second-order valence-electron chi connectivity index (χ2n) is 6.48. The minimum Gasteiger partial charge on any atom is -0.383 e. The van der Waals surface area contributed by atoms with E-state index in [1.807, 2.05) is 29.2 Å². The maximum atomic E-state index is 12.4. The quantitative estimate of drug-likeness (QED) is 0.872. The van der Waals surface area contributed by atoms with Crippen LogP contribution in [0.4, 0.5) is 5.69 Å². The van der Waals surface area contributed by atoms with E-state index in [9.17, 15) is 4.79 Å². The molecule has 1 heterocycles. The van der Waals surface area contributed by atoms with Crippen molar-refractivity contribution in [2.24, 2.45) is 0 Å². The van der Waals surface area contributed by atoms with Crippen molar-refractivity contribution in [2.75, 3.05) is 38.0 Å². The average Bonchev–Trinajstić information content (AvgIpc) is 2.69. The molecule has 0 spiro atoms. The van der Waals surface area contributed by atoms with Gasteiger partial charge in [0.2, 0.25) is 5.91 Å². The van der Waals surface area contributed by atoms with E-state index in [1.165, 1.54) is 5.56 Å². The maximum absolute atomic E-state index is 12.4. The molecule has 1 aliphatic heterocycles. The highest BCUT2D eigenvalue weighted by atomic mass is 16.2. The van der Waals surface area contributed by atoms with E-state index >= 15 is 0 Å². The Morgan fingerprint density at radius 3 is 2.42 bits per heavy atom. The standard InChI is InChI=1S/C21H24N4O/c22-16-19-8-4-5-9-20(19)23-11-10-21(26)25-14-12-24(13-15-25)17-18-6-2-1-3-7-18/h1-9,23H,10-15,17H2. The summed E-state index contributed by atoms with van der Waals surface area (Å²) in [5.41, 5.74) is 2.71. The predicted octanol–water partition coefficient (Wildman–Crippen LogP) is 2.70. The number of nitrogens with zero attached hydrogens (tertiary/aromatic N) is 3. The fraction of sp³-hybridized carbons (Fsp3) is 0.333. The van der Waals surface area contributed by atoms with Crippen molar-refractivity contribution >= 4 is 11.6 Å². The van der Waals surface area contributed by atoms with E-state index in [4.69, 9.17) is 5.26 Å². The highest BCUT2D eigenvalue weighted by Crippen LogP contribution is 2.14. The van der Waals surface area contributed by atoms with Crippen LogP contribution in [0.25, 0.3) is 0 Å². The first-order valence-electron chi connectivity index (χ1n) is 9.03. The van der Waals surface area contributed by atoms with Crippen molar-refractivity contribution in [2.45, 2.75) is 13.0 Å². The molecule has 0 saturated carbocycles. The summed E-state index contributed by atoms with van der Waals surface area (Å²) in [6.45, 7) is 4.86.